The number of thiol groups is 1. The van der Waals surface area contributed by atoms with E-state index in [-0.39, 0.29) is 0 Å². The number of rotatable bonds is 6. The first-order chi connectivity index (χ1) is 6.83. The molecule has 0 radical (unpaired) electrons. The van der Waals surface area contributed by atoms with Gasteiger partial charge in [0.25, 0.3) is 0 Å². The topological polar surface area (TPSA) is 9.23 Å². The Kier molecular flexibility index (Phi) is 6.61. The molecule has 1 aromatic rings. The van der Waals surface area contributed by atoms with Gasteiger partial charge in [0.1, 0.15) is 0 Å². The SMILES string of the molecule is S=[P+](CSCCS)Oc1ccccc1. The van der Waals surface area contributed by atoms with Crippen LogP contribution in [0.5, 0.6) is 5.75 Å². The molecule has 1 aromatic carbocycles. The largest absolute Gasteiger partial charge is 0.398 e. The first-order valence-electron chi connectivity index (χ1n) is 4.19. The average Bonchev–Trinajstić information content (AvgIpc) is 2.20. The molecule has 1 atom stereocenters. The van der Waals surface area contributed by atoms with E-state index in [0.717, 1.165) is 22.7 Å². The van der Waals surface area contributed by atoms with Gasteiger partial charge in [-0.05, 0) is 17.9 Å². The molecule has 0 aliphatic heterocycles. The minimum absolute atomic E-state index is 0.756. The van der Waals surface area contributed by atoms with E-state index in [4.69, 9.17) is 16.3 Å². The first kappa shape index (κ1) is 12.3. The van der Waals surface area contributed by atoms with E-state index >= 15 is 0 Å². The molecule has 1 nitrogen and oxygen atoms in total. The highest BCUT2D eigenvalue weighted by atomic mass is 32.4. The summed E-state index contributed by atoms with van der Waals surface area (Å²) in [6.07, 6.45) is 0. The van der Waals surface area contributed by atoms with E-state index in [0.29, 0.717) is 0 Å². The summed E-state index contributed by atoms with van der Waals surface area (Å²) in [6, 6.07) is 9.74. The van der Waals surface area contributed by atoms with E-state index in [1.165, 1.54) is 0 Å². The average molecular weight is 263 g/mol. The van der Waals surface area contributed by atoms with Gasteiger partial charge in [-0.25, -0.2) is 0 Å². The Hall–Kier alpha value is 0.240. The fourth-order valence-electron chi connectivity index (χ4n) is 0.829. The van der Waals surface area contributed by atoms with Gasteiger partial charge in [0.05, 0.1) is 0 Å². The second-order valence-electron chi connectivity index (χ2n) is 2.50. The van der Waals surface area contributed by atoms with Gasteiger partial charge in [-0.3, -0.25) is 4.52 Å². The smallest absolute Gasteiger partial charge is 0.277 e. The van der Waals surface area contributed by atoms with Crippen LogP contribution in [-0.2, 0) is 11.8 Å². The normalized spacial score (nSPS) is 11.1. The van der Waals surface area contributed by atoms with Crippen molar-refractivity contribution in [3.8, 4) is 5.75 Å². The Morgan fingerprint density at radius 2 is 2.07 bits per heavy atom. The lowest BCUT2D eigenvalue weighted by atomic mass is 10.3. The molecular weight excluding hydrogens is 251 g/mol. The summed E-state index contributed by atoms with van der Waals surface area (Å²) in [6.45, 7) is -0.756. The van der Waals surface area contributed by atoms with Crippen LogP contribution in [0.4, 0.5) is 0 Å². The monoisotopic (exact) mass is 263 g/mol. The van der Waals surface area contributed by atoms with Crippen molar-refractivity contribution in [3.63, 3.8) is 0 Å². The predicted octanol–water partition coefficient (Wildman–Crippen LogP) is 3.54. The van der Waals surface area contributed by atoms with Gasteiger partial charge in [0.2, 0.25) is 17.3 Å². The Morgan fingerprint density at radius 1 is 1.36 bits per heavy atom. The quantitative estimate of drug-likeness (QED) is 0.478. The molecule has 0 aromatic heterocycles. The van der Waals surface area contributed by atoms with Crippen molar-refractivity contribution in [2.24, 2.45) is 0 Å². The molecule has 1 rings (SSSR count). The van der Waals surface area contributed by atoms with Crippen LogP contribution in [0.2, 0.25) is 0 Å². The molecule has 14 heavy (non-hydrogen) atoms. The van der Waals surface area contributed by atoms with Gasteiger partial charge >= 0.3 is 6.92 Å². The fourth-order valence-corrected chi connectivity index (χ4v) is 3.95. The lowest BCUT2D eigenvalue weighted by molar-refractivity contribution is 0.633. The van der Waals surface area contributed by atoms with E-state index < -0.39 is 6.92 Å². The second-order valence-corrected chi connectivity index (χ2v) is 6.86. The molecule has 0 N–H and O–H groups in total. The van der Waals surface area contributed by atoms with Crippen LogP contribution in [0, 0.1) is 0 Å². The third kappa shape index (κ3) is 5.20. The summed E-state index contributed by atoms with van der Waals surface area (Å²) in [4.78, 5) is 0. The molecule has 76 valence electrons. The Morgan fingerprint density at radius 3 is 2.71 bits per heavy atom. The van der Waals surface area contributed by atoms with Crippen molar-refractivity contribution in [2.45, 2.75) is 0 Å². The van der Waals surface area contributed by atoms with Crippen molar-refractivity contribution in [1.29, 1.82) is 0 Å². The minimum Gasteiger partial charge on any atom is -0.277 e. The van der Waals surface area contributed by atoms with Crippen LogP contribution < -0.4 is 4.52 Å². The number of para-hydroxylation sites is 1. The van der Waals surface area contributed by atoms with Gasteiger partial charge in [-0.15, -0.1) is 11.8 Å². The van der Waals surface area contributed by atoms with Gasteiger partial charge in [-0.2, -0.15) is 12.6 Å². The molecule has 0 heterocycles. The summed E-state index contributed by atoms with van der Waals surface area (Å²) < 4.78 is 5.59. The molecule has 0 aliphatic carbocycles. The number of thioether (sulfide) groups is 1. The first-order valence-corrected chi connectivity index (χ1v) is 8.44. The fraction of sp³-hybridized carbons (Fsp3) is 0.333. The van der Waals surface area contributed by atoms with Crippen molar-refractivity contribution < 1.29 is 4.52 Å². The summed E-state index contributed by atoms with van der Waals surface area (Å²) in [5, 5.41) is 0. The molecular formula is C9H12OPS3+. The zero-order valence-electron chi connectivity index (χ0n) is 7.63. The molecule has 5 heteroatoms. The Balaban J connectivity index is 2.27. The predicted molar refractivity (Wildman–Crippen MR) is 72.5 cm³/mol. The minimum atomic E-state index is -0.756. The molecule has 0 saturated carbocycles. The van der Waals surface area contributed by atoms with Crippen LogP contribution >= 0.6 is 31.3 Å². The lowest BCUT2D eigenvalue weighted by Gasteiger charge is -1.94. The highest BCUT2D eigenvalue weighted by molar-refractivity contribution is 8.13. The van der Waals surface area contributed by atoms with Crippen molar-refractivity contribution in [2.75, 3.05) is 17.0 Å². The van der Waals surface area contributed by atoms with Gasteiger partial charge < -0.3 is 0 Å². The maximum absolute atomic E-state index is 5.59. The molecule has 0 bridgehead atoms. The van der Waals surface area contributed by atoms with Gasteiger partial charge in [-0.1, -0.05) is 18.2 Å². The third-order valence-electron chi connectivity index (χ3n) is 1.38. The zero-order chi connectivity index (χ0) is 10.2. The van der Waals surface area contributed by atoms with Gasteiger partial charge in [0, 0.05) is 5.75 Å². The maximum atomic E-state index is 5.59. The highest BCUT2D eigenvalue weighted by Gasteiger charge is 2.12. The second kappa shape index (κ2) is 7.52. The summed E-state index contributed by atoms with van der Waals surface area (Å²) in [5.41, 5.74) is 0.903. The van der Waals surface area contributed by atoms with Crippen LogP contribution in [0.1, 0.15) is 0 Å². The van der Waals surface area contributed by atoms with Crippen LogP contribution in [0.25, 0.3) is 0 Å². The summed E-state index contributed by atoms with van der Waals surface area (Å²) in [7, 11) is 0. The van der Waals surface area contributed by atoms with E-state index in [2.05, 4.69) is 12.6 Å². The van der Waals surface area contributed by atoms with E-state index in [9.17, 15) is 0 Å². The zero-order valence-corrected chi connectivity index (χ0v) is 11.0. The molecule has 0 saturated heterocycles. The van der Waals surface area contributed by atoms with Crippen LogP contribution in [0.3, 0.4) is 0 Å². The molecule has 0 fully saturated rings. The lowest BCUT2D eigenvalue weighted by Crippen LogP contribution is -1.85. The Labute approximate surface area is 101 Å². The maximum Gasteiger partial charge on any atom is 0.398 e. The molecule has 0 spiro atoms. The number of hydrogen-bond acceptors (Lipinski definition) is 4. The number of hydrogen-bond donors (Lipinski definition) is 1. The highest BCUT2D eigenvalue weighted by Crippen LogP contribution is 2.30. The molecule has 1 unspecified atom stereocenters. The van der Waals surface area contributed by atoms with E-state index in [1.54, 1.807) is 11.8 Å². The van der Waals surface area contributed by atoms with Gasteiger partial charge in [0.15, 0.2) is 5.75 Å². The van der Waals surface area contributed by atoms with Crippen molar-refractivity contribution >= 4 is 43.1 Å². The molecule has 0 amide bonds. The Bertz CT molecular complexity index is 279. The van der Waals surface area contributed by atoms with Crippen molar-refractivity contribution in [1.82, 2.24) is 0 Å². The van der Waals surface area contributed by atoms with Crippen LogP contribution in [0.15, 0.2) is 30.3 Å². The van der Waals surface area contributed by atoms with Crippen LogP contribution in [-0.4, -0.2) is 17.0 Å². The molecule has 0 aliphatic rings. The standard InChI is InChI=1S/C9H11OPS3/c12-6-7-14-8-11(13)10-9-4-2-1-3-5-9/h1-5H,6-8H2/p+1. The third-order valence-corrected chi connectivity index (χ3v) is 5.56. The summed E-state index contributed by atoms with van der Waals surface area (Å²) >= 11 is 11.2. The van der Waals surface area contributed by atoms with E-state index in [1.807, 2.05) is 30.3 Å². The van der Waals surface area contributed by atoms with Crippen molar-refractivity contribution in [3.05, 3.63) is 30.3 Å². The number of benzene rings is 1. The summed E-state index contributed by atoms with van der Waals surface area (Å²) in [5.74, 6) is 2.81.